The number of thiazole rings is 1. The number of nitrogens with zero attached hydrogens (tertiary/aromatic N) is 2. The number of fused-ring (bicyclic) bond motifs is 1. The minimum Gasteiger partial charge on any atom is -0.495 e. The first-order valence-electron chi connectivity index (χ1n) is 7.50. The number of rotatable bonds is 4. The Kier molecular flexibility index (Phi) is 4.47. The van der Waals surface area contributed by atoms with Gasteiger partial charge in [-0.3, -0.25) is 0 Å². The molecule has 0 fully saturated rings. The molecule has 3 aromatic rings. The van der Waals surface area contributed by atoms with E-state index in [1.54, 1.807) is 31.4 Å². The van der Waals surface area contributed by atoms with Gasteiger partial charge < -0.3 is 9.30 Å². The predicted molar refractivity (Wildman–Crippen MR) is 96.0 cm³/mol. The number of aryl methyl sites for hydroxylation is 2. The Labute approximate surface area is 144 Å². The second kappa shape index (κ2) is 6.41. The molecule has 0 aliphatic carbocycles. The minimum absolute atomic E-state index is 0.195. The van der Waals surface area contributed by atoms with Crippen LogP contribution in [-0.2, 0) is 16.6 Å². The summed E-state index contributed by atoms with van der Waals surface area (Å²) >= 11 is 1.34. The van der Waals surface area contributed by atoms with Crippen molar-refractivity contribution in [2.45, 2.75) is 25.3 Å². The van der Waals surface area contributed by atoms with Crippen LogP contribution in [0.4, 0.5) is 0 Å². The summed E-state index contributed by atoms with van der Waals surface area (Å²) in [4.78, 5) is 0.637. The molecule has 0 N–H and O–H groups in total. The van der Waals surface area contributed by atoms with E-state index < -0.39 is 10.0 Å². The largest absolute Gasteiger partial charge is 0.495 e. The van der Waals surface area contributed by atoms with Crippen LogP contribution in [0.15, 0.2) is 51.8 Å². The molecule has 2 aromatic carbocycles. The van der Waals surface area contributed by atoms with E-state index in [4.69, 9.17) is 4.74 Å². The molecule has 126 valence electrons. The summed E-state index contributed by atoms with van der Waals surface area (Å²) in [7, 11) is -2.15. The number of methoxy groups -OCH3 is 1. The first-order valence-corrected chi connectivity index (χ1v) is 9.76. The van der Waals surface area contributed by atoms with Crippen molar-refractivity contribution >= 4 is 31.6 Å². The van der Waals surface area contributed by atoms with Gasteiger partial charge in [0, 0.05) is 6.54 Å². The molecule has 1 heterocycles. The molecular weight excluding hydrogens is 344 g/mol. The number of sulfonamides is 1. The molecule has 0 saturated carbocycles. The van der Waals surface area contributed by atoms with E-state index in [0.29, 0.717) is 17.1 Å². The number of ether oxygens (including phenoxy) is 1. The Bertz CT molecular complexity index is 1050. The standard InChI is InChI=1S/C17H18N2O3S2/c1-4-19-16-14(22-3)6-5-7-15(16)23-17(19)18-24(20,21)13-10-8-12(2)9-11-13/h5-11H,4H2,1-3H3. The van der Waals surface area contributed by atoms with E-state index in [-0.39, 0.29) is 4.90 Å². The molecule has 0 aliphatic rings. The third-order valence-electron chi connectivity index (χ3n) is 3.72. The summed E-state index contributed by atoms with van der Waals surface area (Å²) in [6.45, 7) is 4.47. The Hall–Kier alpha value is -2.12. The fourth-order valence-corrected chi connectivity index (χ4v) is 4.81. The fraction of sp³-hybridized carbons (Fsp3) is 0.235. The first kappa shape index (κ1) is 16.7. The summed E-state index contributed by atoms with van der Waals surface area (Å²) in [6.07, 6.45) is 0. The second-order valence-corrected chi connectivity index (χ2v) is 7.93. The Morgan fingerprint density at radius 2 is 1.88 bits per heavy atom. The lowest BCUT2D eigenvalue weighted by Crippen LogP contribution is -2.16. The zero-order valence-corrected chi connectivity index (χ0v) is 15.3. The Morgan fingerprint density at radius 3 is 2.50 bits per heavy atom. The van der Waals surface area contributed by atoms with Gasteiger partial charge in [0.1, 0.15) is 11.3 Å². The number of benzene rings is 2. The normalized spacial score (nSPS) is 12.7. The van der Waals surface area contributed by atoms with Crippen molar-refractivity contribution in [1.82, 2.24) is 4.57 Å². The van der Waals surface area contributed by atoms with Crippen molar-refractivity contribution < 1.29 is 13.2 Å². The molecule has 0 unspecified atom stereocenters. The highest BCUT2D eigenvalue weighted by Gasteiger charge is 2.15. The van der Waals surface area contributed by atoms with Gasteiger partial charge in [0.15, 0.2) is 0 Å². The summed E-state index contributed by atoms with van der Waals surface area (Å²) in [5, 5.41) is 0. The van der Waals surface area contributed by atoms with Crippen LogP contribution in [0.25, 0.3) is 10.2 Å². The van der Waals surface area contributed by atoms with Gasteiger partial charge in [0.25, 0.3) is 10.0 Å². The molecule has 7 heteroatoms. The second-order valence-electron chi connectivity index (χ2n) is 5.32. The number of hydrogen-bond donors (Lipinski definition) is 0. The predicted octanol–water partition coefficient (Wildman–Crippen LogP) is 3.33. The molecular formula is C17H18N2O3S2. The van der Waals surface area contributed by atoms with Gasteiger partial charge in [-0.15, -0.1) is 4.40 Å². The summed E-state index contributed by atoms with van der Waals surface area (Å²) in [5.74, 6) is 0.708. The van der Waals surface area contributed by atoms with Crippen molar-refractivity contribution in [2.24, 2.45) is 4.40 Å². The lowest BCUT2D eigenvalue weighted by Gasteiger charge is -2.05. The maximum Gasteiger partial charge on any atom is 0.285 e. The maximum absolute atomic E-state index is 12.6. The van der Waals surface area contributed by atoms with Crippen LogP contribution in [0.5, 0.6) is 5.75 Å². The zero-order chi connectivity index (χ0) is 17.3. The minimum atomic E-state index is -3.76. The number of aromatic nitrogens is 1. The molecule has 0 amide bonds. The highest BCUT2D eigenvalue weighted by Crippen LogP contribution is 2.27. The van der Waals surface area contributed by atoms with Crippen LogP contribution in [0.1, 0.15) is 12.5 Å². The number of hydrogen-bond acceptors (Lipinski definition) is 4. The van der Waals surface area contributed by atoms with Crippen molar-refractivity contribution in [1.29, 1.82) is 0 Å². The van der Waals surface area contributed by atoms with E-state index in [1.807, 2.05) is 36.6 Å². The van der Waals surface area contributed by atoms with Crippen molar-refractivity contribution in [3.63, 3.8) is 0 Å². The van der Waals surface area contributed by atoms with Crippen LogP contribution in [0.3, 0.4) is 0 Å². The van der Waals surface area contributed by atoms with Gasteiger partial charge in [-0.2, -0.15) is 8.42 Å². The Morgan fingerprint density at radius 1 is 1.17 bits per heavy atom. The van der Waals surface area contributed by atoms with E-state index in [0.717, 1.165) is 15.8 Å². The topological polar surface area (TPSA) is 60.7 Å². The highest BCUT2D eigenvalue weighted by atomic mass is 32.2. The number of para-hydroxylation sites is 1. The van der Waals surface area contributed by atoms with E-state index in [9.17, 15) is 8.42 Å². The van der Waals surface area contributed by atoms with Gasteiger partial charge in [0.2, 0.25) is 4.80 Å². The maximum atomic E-state index is 12.6. The molecule has 5 nitrogen and oxygen atoms in total. The zero-order valence-electron chi connectivity index (χ0n) is 13.7. The van der Waals surface area contributed by atoms with Gasteiger partial charge in [0.05, 0.1) is 16.7 Å². The molecule has 1 aromatic heterocycles. The lowest BCUT2D eigenvalue weighted by molar-refractivity contribution is 0.417. The van der Waals surface area contributed by atoms with E-state index in [1.165, 1.54) is 11.3 Å². The first-order chi connectivity index (χ1) is 11.5. The lowest BCUT2D eigenvalue weighted by atomic mass is 10.2. The third-order valence-corrected chi connectivity index (χ3v) is 6.16. The average Bonchev–Trinajstić information content (AvgIpc) is 2.91. The molecule has 24 heavy (non-hydrogen) atoms. The SMILES string of the molecule is CCn1c(=NS(=O)(=O)c2ccc(C)cc2)sc2cccc(OC)c21. The van der Waals surface area contributed by atoms with Crippen molar-refractivity contribution in [3.05, 3.63) is 52.8 Å². The summed E-state index contributed by atoms with van der Waals surface area (Å²) < 4.78 is 37.5. The average molecular weight is 362 g/mol. The molecule has 0 bridgehead atoms. The van der Waals surface area contributed by atoms with Crippen molar-refractivity contribution in [2.75, 3.05) is 7.11 Å². The van der Waals surface area contributed by atoms with Gasteiger partial charge >= 0.3 is 0 Å². The molecule has 0 radical (unpaired) electrons. The van der Waals surface area contributed by atoms with Crippen LogP contribution >= 0.6 is 11.3 Å². The summed E-state index contributed by atoms with van der Waals surface area (Å²) in [5.41, 5.74) is 1.87. The molecule has 0 aliphatic heterocycles. The molecule has 0 atom stereocenters. The summed E-state index contributed by atoms with van der Waals surface area (Å²) in [6, 6.07) is 12.4. The smallest absolute Gasteiger partial charge is 0.285 e. The van der Waals surface area contributed by atoms with E-state index in [2.05, 4.69) is 4.40 Å². The molecule has 0 saturated heterocycles. The monoisotopic (exact) mass is 362 g/mol. The molecule has 3 rings (SSSR count). The van der Waals surface area contributed by atoms with Gasteiger partial charge in [-0.05, 0) is 38.1 Å². The highest BCUT2D eigenvalue weighted by molar-refractivity contribution is 7.90. The van der Waals surface area contributed by atoms with Gasteiger partial charge in [-0.1, -0.05) is 35.1 Å². The Balaban J connectivity index is 2.25. The quantitative estimate of drug-likeness (QED) is 0.715. The van der Waals surface area contributed by atoms with Crippen LogP contribution in [-0.4, -0.2) is 20.1 Å². The molecule has 0 spiro atoms. The van der Waals surface area contributed by atoms with Gasteiger partial charge in [-0.25, -0.2) is 0 Å². The van der Waals surface area contributed by atoms with Crippen LogP contribution in [0.2, 0.25) is 0 Å². The van der Waals surface area contributed by atoms with Crippen molar-refractivity contribution in [3.8, 4) is 5.75 Å². The van der Waals surface area contributed by atoms with E-state index >= 15 is 0 Å². The third kappa shape index (κ3) is 2.97. The van der Waals surface area contributed by atoms with Crippen LogP contribution < -0.4 is 9.54 Å². The fourth-order valence-electron chi connectivity index (χ4n) is 2.49. The van der Waals surface area contributed by atoms with Crippen LogP contribution in [0, 0.1) is 6.92 Å².